The smallest absolute Gasteiger partial charge is 0.0876 e. The first-order chi connectivity index (χ1) is 9.93. The quantitative estimate of drug-likeness (QED) is 0.349. The molecule has 0 unspecified atom stereocenters. The number of pyridine rings is 2. The van der Waals surface area contributed by atoms with E-state index < -0.39 is 0 Å². The zero-order chi connectivity index (χ0) is 14.2. The van der Waals surface area contributed by atoms with E-state index in [0.29, 0.717) is 0 Å². The van der Waals surface area contributed by atoms with Gasteiger partial charge in [-0.3, -0.25) is 9.97 Å². The maximum Gasteiger partial charge on any atom is 0.0876 e. The molecule has 1 aromatic carbocycles. The molecular weight excluding hydrogens is 406 g/mol. The van der Waals surface area contributed by atoms with Gasteiger partial charge in [-0.25, -0.2) is 0 Å². The second-order valence-electron chi connectivity index (χ2n) is 3.90. The summed E-state index contributed by atoms with van der Waals surface area (Å²) in [6.45, 7) is 0. The third kappa shape index (κ3) is 3.87. The Balaban J connectivity index is 0.000000704. The fourth-order valence-electron chi connectivity index (χ4n) is 1.79. The summed E-state index contributed by atoms with van der Waals surface area (Å²) in [4.78, 5) is 8.93. The Morgan fingerprint density at radius 1 is 0.800 bits per heavy atom. The van der Waals surface area contributed by atoms with E-state index in [1.807, 2.05) is 60.7 Å². The molecule has 103 valence electrons. The normalized spacial score (nSPS) is 9.55. The van der Waals surface area contributed by atoms with Crippen molar-refractivity contribution in [3.05, 3.63) is 72.9 Å². The summed E-state index contributed by atoms with van der Waals surface area (Å²) in [6, 6.07) is 22.8. The SMILES string of the molecule is [Ni][I].[c-]1ccccc1-c1cccc(-c2ccccn2)n1. The zero-order valence-electron chi connectivity index (χ0n) is 10.4. The van der Waals surface area contributed by atoms with Crippen molar-refractivity contribution in [3.63, 3.8) is 0 Å². The number of nitrogens with zero attached hydrogens (tertiary/aromatic N) is 2. The number of hydrogen-bond donors (Lipinski definition) is 0. The molecule has 2 nitrogen and oxygen atoms in total. The Morgan fingerprint density at radius 2 is 1.55 bits per heavy atom. The van der Waals surface area contributed by atoms with Crippen LogP contribution in [0.3, 0.4) is 0 Å². The molecule has 0 saturated heterocycles. The summed E-state index contributed by atoms with van der Waals surface area (Å²) in [7, 11) is 0. The third-order valence-corrected chi connectivity index (χ3v) is 2.66. The Bertz CT molecular complexity index is 590. The summed E-state index contributed by atoms with van der Waals surface area (Å²) < 4.78 is 0. The van der Waals surface area contributed by atoms with Gasteiger partial charge in [-0.1, -0.05) is 18.2 Å². The van der Waals surface area contributed by atoms with Gasteiger partial charge < -0.3 is 0 Å². The maximum absolute atomic E-state index is 4.62. The first-order valence-corrected chi connectivity index (χ1v) is 9.09. The first-order valence-electron chi connectivity index (χ1n) is 5.91. The minimum Gasteiger partial charge on any atom is -0.295 e. The van der Waals surface area contributed by atoms with Crippen LogP contribution < -0.4 is 0 Å². The van der Waals surface area contributed by atoms with Crippen molar-refractivity contribution in [1.82, 2.24) is 9.97 Å². The van der Waals surface area contributed by atoms with Crippen LogP contribution in [0.5, 0.6) is 0 Å². The van der Waals surface area contributed by atoms with Gasteiger partial charge in [0, 0.05) is 6.20 Å². The second kappa shape index (κ2) is 8.12. The Morgan fingerprint density at radius 3 is 2.25 bits per heavy atom. The van der Waals surface area contributed by atoms with Crippen LogP contribution in [0, 0.1) is 6.07 Å². The van der Waals surface area contributed by atoms with Gasteiger partial charge in [-0.15, -0.1) is 35.9 Å². The topological polar surface area (TPSA) is 25.8 Å². The predicted octanol–water partition coefficient (Wildman–Crippen LogP) is 4.49. The number of halogens is 1. The summed E-state index contributed by atoms with van der Waals surface area (Å²) in [5.74, 6) is 0. The average molecular weight is 417 g/mol. The first kappa shape index (κ1) is 15.1. The Kier molecular flexibility index (Phi) is 6.15. The van der Waals surface area contributed by atoms with Crippen LogP contribution in [-0.2, 0) is 12.3 Å². The van der Waals surface area contributed by atoms with Gasteiger partial charge in [0.1, 0.15) is 0 Å². The molecule has 0 aliphatic rings. The number of benzene rings is 1. The van der Waals surface area contributed by atoms with Crippen LogP contribution in [0.4, 0.5) is 0 Å². The van der Waals surface area contributed by atoms with Gasteiger partial charge in [0.25, 0.3) is 0 Å². The van der Waals surface area contributed by atoms with E-state index in [4.69, 9.17) is 0 Å². The summed E-state index contributed by atoms with van der Waals surface area (Å²) >= 11 is 5.62. The van der Waals surface area contributed by atoms with Crippen molar-refractivity contribution in [2.24, 2.45) is 0 Å². The predicted molar refractivity (Wildman–Crippen MR) is 85.8 cm³/mol. The van der Waals surface area contributed by atoms with Crippen LogP contribution in [0.2, 0.25) is 0 Å². The number of hydrogen-bond acceptors (Lipinski definition) is 2. The molecule has 3 aromatic rings. The third-order valence-electron chi connectivity index (χ3n) is 2.66. The van der Waals surface area contributed by atoms with E-state index in [9.17, 15) is 0 Å². The van der Waals surface area contributed by atoms with Gasteiger partial charge in [0.05, 0.1) is 11.4 Å². The Labute approximate surface area is 137 Å². The molecule has 2 heterocycles. The minimum atomic E-state index is 0.880. The molecule has 0 aliphatic carbocycles. The molecule has 0 N–H and O–H groups in total. The molecule has 0 aliphatic heterocycles. The largest absolute Gasteiger partial charge is 0.295 e. The van der Waals surface area contributed by atoms with Crippen molar-refractivity contribution in [2.45, 2.75) is 0 Å². The molecular formula is C16H11IN2Ni-. The number of rotatable bonds is 2. The Hall–Kier alpha value is -1.26. The van der Waals surface area contributed by atoms with Crippen molar-refractivity contribution in [3.8, 4) is 22.6 Å². The zero-order valence-corrected chi connectivity index (χ0v) is 13.6. The molecule has 0 saturated carbocycles. The van der Waals surface area contributed by atoms with E-state index in [1.165, 1.54) is 0 Å². The van der Waals surface area contributed by atoms with Gasteiger partial charge in [-0.2, -0.15) is 0 Å². The van der Waals surface area contributed by atoms with Crippen LogP contribution in [0.25, 0.3) is 22.6 Å². The fraction of sp³-hybridized carbons (Fsp3) is 0. The standard InChI is InChI=1S/C16H11N2.HI.Ni/c1-2-7-13(8-3-1)14-10-6-11-16(18-14)15-9-4-5-12-17-15;;/h1-7,9-12H;1H;/q-1;;+1/p-1. The summed E-state index contributed by atoms with van der Waals surface area (Å²) in [5.41, 5.74) is 3.68. The molecule has 0 atom stereocenters. The molecule has 20 heavy (non-hydrogen) atoms. The molecule has 0 bridgehead atoms. The summed E-state index contributed by atoms with van der Waals surface area (Å²) in [5, 5.41) is 0. The van der Waals surface area contributed by atoms with E-state index in [-0.39, 0.29) is 0 Å². The monoisotopic (exact) mass is 416 g/mol. The van der Waals surface area contributed by atoms with Crippen molar-refractivity contribution in [2.75, 3.05) is 0 Å². The van der Waals surface area contributed by atoms with Crippen molar-refractivity contribution in [1.29, 1.82) is 0 Å². The second-order valence-corrected chi connectivity index (χ2v) is 3.90. The van der Waals surface area contributed by atoms with Gasteiger partial charge in [0.2, 0.25) is 0 Å². The number of aromatic nitrogens is 2. The van der Waals surface area contributed by atoms with Crippen LogP contribution >= 0.6 is 20.5 Å². The fourth-order valence-corrected chi connectivity index (χ4v) is 1.79. The van der Waals surface area contributed by atoms with Gasteiger partial charge in [-0.05, 0) is 23.9 Å². The van der Waals surface area contributed by atoms with Crippen LogP contribution in [0.15, 0.2) is 66.9 Å². The molecule has 3 rings (SSSR count). The molecule has 0 spiro atoms. The summed E-state index contributed by atoms with van der Waals surface area (Å²) in [6.07, 6.45) is 1.78. The van der Waals surface area contributed by atoms with Crippen molar-refractivity contribution < 1.29 is 12.3 Å². The van der Waals surface area contributed by atoms with Crippen molar-refractivity contribution >= 4 is 20.5 Å². The van der Waals surface area contributed by atoms with Crippen LogP contribution in [0.1, 0.15) is 0 Å². The molecule has 0 radical (unpaired) electrons. The molecule has 0 amide bonds. The van der Waals surface area contributed by atoms with Gasteiger partial charge in [0.15, 0.2) is 0 Å². The minimum absolute atomic E-state index is 0.880. The van der Waals surface area contributed by atoms with Crippen LogP contribution in [-0.4, -0.2) is 9.97 Å². The molecule has 2 aromatic heterocycles. The van der Waals surface area contributed by atoms with E-state index >= 15 is 0 Å². The van der Waals surface area contributed by atoms with E-state index in [2.05, 4.69) is 28.3 Å². The molecule has 4 heteroatoms. The average Bonchev–Trinajstić information content (AvgIpc) is 2.58. The van der Waals surface area contributed by atoms with Gasteiger partial charge >= 0.3 is 32.8 Å². The maximum atomic E-state index is 4.62. The van der Waals surface area contributed by atoms with E-state index in [1.54, 1.807) is 26.7 Å². The van der Waals surface area contributed by atoms with E-state index in [0.717, 1.165) is 22.6 Å². The molecule has 0 fully saturated rings.